The first-order chi connectivity index (χ1) is 8.03. The van der Waals surface area contributed by atoms with Crippen LogP contribution in [0.1, 0.15) is 32.1 Å². The normalized spacial score (nSPS) is 22.8. The van der Waals surface area contributed by atoms with Crippen LogP contribution in [-0.4, -0.2) is 57.0 Å². The summed E-state index contributed by atoms with van der Waals surface area (Å²) in [6, 6.07) is 0.463. The van der Waals surface area contributed by atoms with E-state index in [2.05, 4.69) is 9.62 Å². The molecule has 0 aliphatic carbocycles. The quantitative estimate of drug-likeness (QED) is 0.687. The van der Waals surface area contributed by atoms with Crippen LogP contribution < -0.4 is 4.72 Å². The Bertz CT molecular complexity index is 306. The summed E-state index contributed by atoms with van der Waals surface area (Å²) in [5.74, 6) is 0. The molecule has 0 bridgehead atoms. The van der Waals surface area contributed by atoms with E-state index in [0.29, 0.717) is 12.6 Å². The smallest absolute Gasteiger partial charge is 0.208 e. The zero-order valence-electron chi connectivity index (χ0n) is 10.6. The van der Waals surface area contributed by atoms with Gasteiger partial charge in [-0.3, -0.25) is 0 Å². The monoisotopic (exact) mass is 264 g/mol. The maximum Gasteiger partial charge on any atom is 0.208 e. The number of rotatable bonds is 7. The summed E-state index contributed by atoms with van der Waals surface area (Å²) in [4.78, 5) is 2.38. The van der Waals surface area contributed by atoms with Gasteiger partial charge in [0.25, 0.3) is 0 Å². The molecule has 0 radical (unpaired) electrons. The molecule has 0 saturated carbocycles. The molecule has 0 spiro atoms. The summed E-state index contributed by atoms with van der Waals surface area (Å²) in [6.45, 7) is 2.73. The second-order valence-corrected chi connectivity index (χ2v) is 6.55. The number of nitrogens with one attached hydrogen (secondary N) is 1. The van der Waals surface area contributed by atoms with Crippen molar-refractivity contribution in [1.82, 2.24) is 9.62 Å². The van der Waals surface area contributed by atoms with E-state index in [1.165, 1.54) is 19.1 Å². The summed E-state index contributed by atoms with van der Waals surface area (Å²) in [5.41, 5.74) is 0. The minimum atomic E-state index is -3.07. The molecule has 1 rings (SSSR count). The van der Waals surface area contributed by atoms with Crippen molar-refractivity contribution >= 4 is 10.0 Å². The van der Waals surface area contributed by atoms with Gasteiger partial charge in [-0.2, -0.15) is 0 Å². The first-order valence-electron chi connectivity index (χ1n) is 6.32. The largest absolute Gasteiger partial charge is 0.396 e. The molecule has 1 atom stereocenters. The Kier molecular flexibility index (Phi) is 6.40. The number of nitrogens with zero attached hydrogens (tertiary/aromatic N) is 1. The maximum atomic E-state index is 11.0. The Labute approximate surface area is 104 Å². The Balaban J connectivity index is 2.32. The highest BCUT2D eigenvalue weighted by atomic mass is 32.2. The van der Waals surface area contributed by atoms with Crippen molar-refractivity contribution in [3.63, 3.8) is 0 Å². The number of piperidine rings is 1. The molecule has 2 N–H and O–H groups in total. The molecule has 1 fully saturated rings. The van der Waals surface area contributed by atoms with E-state index in [1.54, 1.807) is 0 Å². The van der Waals surface area contributed by atoms with Crippen LogP contribution in [0.3, 0.4) is 0 Å². The van der Waals surface area contributed by atoms with Gasteiger partial charge in [-0.25, -0.2) is 13.1 Å². The fraction of sp³-hybridized carbons (Fsp3) is 1.00. The third-order valence-electron chi connectivity index (χ3n) is 3.19. The van der Waals surface area contributed by atoms with Crippen LogP contribution in [0.5, 0.6) is 0 Å². The summed E-state index contributed by atoms with van der Waals surface area (Å²) in [6.07, 6.45) is 6.42. The van der Waals surface area contributed by atoms with Gasteiger partial charge in [0.2, 0.25) is 10.0 Å². The van der Waals surface area contributed by atoms with Crippen LogP contribution in [0.2, 0.25) is 0 Å². The molecule has 1 heterocycles. The van der Waals surface area contributed by atoms with Gasteiger partial charge in [0.1, 0.15) is 0 Å². The van der Waals surface area contributed by atoms with Gasteiger partial charge in [-0.1, -0.05) is 6.42 Å². The predicted octanol–water partition coefficient (Wildman–Crippen LogP) is 0.163. The third-order valence-corrected chi connectivity index (χ3v) is 3.92. The Morgan fingerprint density at radius 3 is 2.82 bits per heavy atom. The Morgan fingerprint density at radius 1 is 1.41 bits per heavy atom. The number of aliphatic hydroxyl groups excluding tert-OH is 1. The zero-order valence-corrected chi connectivity index (χ0v) is 11.4. The van der Waals surface area contributed by atoms with Gasteiger partial charge in [0.05, 0.1) is 6.26 Å². The van der Waals surface area contributed by atoms with Crippen molar-refractivity contribution in [2.75, 3.05) is 32.5 Å². The Morgan fingerprint density at radius 2 is 2.18 bits per heavy atom. The molecule has 0 aromatic heterocycles. The van der Waals surface area contributed by atoms with Gasteiger partial charge >= 0.3 is 0 Å². The summed E-state index contributed by atoms with van der Waals surface area (Å²) in [7, 11) is -3.07. The van der Waals surface area contributed by atoms with Crippen molar-refractivity contribution in [2.24, 2.45) is 0 Å². The molecule has 1 unspecified atom stereocenters. The van der Waals surface area contributed by atoms with Gasteiger partial charge in [0, 0.05) is 25.7 Å². The van der Waals surface area contributed by atoms with E-state index in [1.807, 2.05) is 0 Å². The molecular formula is C11H24N2O3S. The fourth-order valence-corrected chi connectivity index (χ4v) is 2.85. The number of hydrogen-bond acceptors (Lipinski definition) is 4. The van der Waals surface area contributed by atoms with Crippen LogP contribution in [0.15, 0.2) is 0 Å². The molecule has 0 aromatic carbocycles. The molecule has 6 heteroatoms. The lowest BCUT2D eigenvalue weighted by Gasteiger charge is -2.35. The van der Waals surface area contributed by atoms with Gasteiger partial charge in [-0.15, -0.1) is 0 Å². The molecule has 1 aliphatic heterocycles. The van der Waals surface area contributed by atoms with Crippen molar-refractivity contribution in [1.29, 1.82) is 0 Å². The van der Waals surface area contributed by atoms with Crippen LogP contribution >= 0.6 is 0 Å². The van der Waals surface area contributed by atoms with E-state index in [9.17, 15) is 8.42 Å². The average molecular weight is 264 g/mol. The summed E-state index contributed by atoms with van der Waals surface area (Å²) < 4.78 is 24.5. The number of aliphatic hydroxyl groups is 1. The van der Waals surface area contributed by atoms with Gasteiger partial charge < -0.3 is 10.0 Å². The standard InChI is InChI=1S/C11H24N2O3S/c1-17(15,16)12-7-6-11-5-2-3-8-13(11)9-4-10-14/h11-12,14H,2-10H2,1H3. The van der Waals surface area contributed by atoms with Crippen molar-refractivity contribution in [3.8, 4) is 0 Å². The number of likely N-dealkylation sites (tertiary alicyclic amines) is 1. The molecule has 1 aliphatic rings. The van der Waals surface area contributed by atoms with Crippen molar-refractivity contribution < 1.29 is 13.5 Å². The highest BCUT2D eigenvalue weighted by Crippen LogP contribution is 2.19. The lowest BCUT2D eigenvalue weighted by molar-refractivity contribution is 0.129. The van der Waals surface area contributed by atoms with E-state index >= 15 is 0 Å². The zero-order chi connectivity index (χ0) is 12.7. The lowest BCUT2D eigenvalue weighted by atomic mass is 9.99. The first-order valence-corrected chi connectivity index (χ1v) is 8.21. The van der Waals surface area contributed by atoms with E-state index in [0.717, 1.165) is 32.4 Å². The molecule has 0 aromatic rings. The lowest BCUT2D eigenvalue weighted by Crippen LogP contribution is -2.42. The van der Waals surface area contributed by atoms with E-state index < -0.39 is 10.0 Å². The van der Waals surface area contributed by atoms with Gasteiger partial charge in [-0.05, 0) is 32.2 Å². The summed E-state index contributed by atoms with van der Waals surface area (Å²) >= 11 is 0. The first kappa shape index (κ1) is 14.9. The second-order valence-electron chi connectivity index (χ2n) is 4.72. The molecule has 5 nitrogen and oxygen atoms in total. The van der Waals surface area contributed by atoms with Crippen LogP contribution in [0.4, 0.5) is 0 Å². The van der Waals surface area contributed by atoms with Crippen LogP contribution in [0, 0.1) is 0 Å². The van der Waals surface area contributed by atoms with Crippen LogP contribution in [0.25, 0.3) is 0 Å². The number of hydrogen-bond donors (Lipinski definition) is 2. The molecule has 1 saturated heterocycles. The Hall–Kier alpha value is -0.170. The van der Waals surface area contributed by atoms with Crippen molar-refractivity contribution in [2.45, 2.75) is 38.1 Å². The predicted molar refractivity (Wildman–Crippen MR) is 68.4 cm³/mol. The maximum absolute atomic E-state index is 11.0. The van der Waals surface area contributed by atoms with Crippen LogP contribution in [-0.2, 0) is 10.0 Å². The molecule has 0 amide bonds. The topological polar surface area (TPSA) is 69.6 Å². The number of sulfonamides is 1. The minimum absolute atomic E-state index is 0.227. The fourth-order valence-electron chi connectivity index (χ4n) is 2.37. The van der Waals surface area contributed by atoms with Gasteiger partial charge in [0.15, 0.2) is 0 Å². The van der Waals surface area contributed by atoms with E-state index in [-0.39, 0.29) is 6.61 Å². The highest BCUT2D eigenvalue weighted by Gasteiger charge is 2.21. The molecule has 102 valence electrons. The summed E-state index contributed by atoms with van der Waals surface area (Å²) in [5, 5.41) is 8.85. The van der Waals surface area contributed by atoms with Crippen molar-refractivity contribution in [3.05, 3.63) is 0 Å². The molecular weight excluding hydrogens is 240 g/mol. The second kappa shape index (κ2) is 7.31. The average Bonchev–Trinajstić information content (AvgIpc) is 2.26. The highest BCUT2D eigenvalue weighted by molar-refractivity contribution is 7.88. The minimum Gasteiger partial charge on any atom is -0.396 e. The third kappa shape index (κ3) is 6.35. The SMILES string of the molecule is CS(=O)(=O)NCCC1CCCCN1CCCO. The van der Waals surface area contributed by atoms with E-state index in [4.69, 9.17) is 5.11 Å². The molecule has 17 heavy (non-hydrogen) atoms.